The summed E-state index contributed by atoms with van der Waals surface area (Å²) >= 11 is 0. The number of hydrogen-bond donors (Lipinski definition) is 2. The number of hydrogen-bond acceptors (Lipinski definition) is 4. The van der Waals surface area contributed by atoms with Gasteiger partial charge in [0.15, 0.2) is 0 Å². The molecule has 5 nitrogen and oxygen atoms in total. The van der Waals surface area contributed by atoms with Crippen LogP contribution in [0.4, 0.5) is 5.69 Å². The quantitative estimate of drug-likeness (QED) is 0.878. The Morgan fingerprint density at radius 2 is 2.38 bits per heavy atom. The van der Waals surface area contributed by atoms with E-state index in [0.29, 0.717) is 13.2 Å². The van der Waals surface area contributed by atoms with Crippen LogP contribution >= 0.6 is 0 Å². The van der Waals surface area contributed by atoms with Crippen molar-refractivity contribution in [2.45, 2.75) is 32.5 Å². The van der Waals surface area contributed by atoms with Crippen molar-refractivity contribution in [1.82, 2.24) is 10.2 Å². The molecule has 21 heavy (non-hydrogen) atoms. The number of benzene rings is 1. The van der Waals surface area contributed by atoms with Gasteiger partial charge in [-0.3, -0.25) is 9.69 Å². The monoisotopic (exact) mass is 289 g/mol. The van der Waals surface area contributed by atoms with Gasteiger partial charge in [0.25, 0.3) is 5.91 Å². The average Bonchev–Trinajstić information content (AvgIpc) is 2.92. The van der Waals surface area contributed by atoms with E-state index < -0.39 is 0 Å². The number of ether oxygens (including phenoxy) is 1. The number of fused-ring (bicyclic) bond motifs is 1. The van der Waals surface area contributed by atoms with Gasteiger partial charge in [0.2, 0.25) is 0 Å². The van der Waals surface area contributed by atoms with Gasteiger partial charge in [-0.1, -0.05) is 19.1 Å². The highest BCUT2D eigenvalue weighted by Gasteiger charge is 2.25. The van der Waals surface area contributed by atoms with Crippen LogP contribution in [0.2, 0.25) is 0 Å². The number of carbonyl (C=O) groups excluding carboxylic acids is 1. The molecule has 5 heteroatoms. The summed E-state index contributed by atoms with van der Waals surface area (Å²) in [5, 5.41) is 6.23. The summed E-state index contributed by atoms with van der Waals surface area (Å²) < 4.78 is 5.51. The third kappa shape index (κ3) is 3.26. The van der Waals surface area contributed by atoms with Gasteiger partial charge in [0, 0.05) is 31.9 Å². The van der Waals surface area contributed by atoms with Crippen LogP contribution < -0.4 is 10.6 Å². The zero-order chi connectivity index (χ0) is 14.7. The second-order valence-electron chi connectivity index (χ2n) is 5.71. The molecule has 0 unspecified atom stereocenters. The van der Waals surface area contributed by atoms with Gasteiger partial charge >= 0.3 is 0 Å². The maximum Gasteiger partial charge on any atom is 0.254 e. The van der Waals surface area contributed by atoms with Crippen molar-refractivity contribution < 1.29 is 9.53 Å². The Bertz CT molecular complexity index is 512. The summed E-state index contributed by atoms with van der Waals surface area (Å²) in [7, 11) is 0. The number of nitrogens with one attached hydrogen (secondary N) is 2. The normalized spacial score (nSPS) is 22.0. The van der Waals surface area contributed by atoms with Crippen molar-refractivity contribution >= 4 is 11.6 Å². The standard InChI is InChI=1S/C16H23N3O2/c1-2-7-19-10-12-4-3-5-14(13(12)11-19)18-16(20)15-9-17-6-8-21-15/h3-5,15,17H,2,6-11H2,1H3,(H,18,20)/t15-/m1/s1. The molecule has 1 aromatic carbocycles. The zero-order valence-corrected chi connectivity index (χ0v) is 12.5. The summed E-state index contributed by atoms with van der Waals surface area (Å²) in [5.41, 5.74) is 3.51. The molecule has 2 N–H and O–H groups in total. The van der Waals surface area contributed by atoms with E-state index in [2.05, 4.69) is 28.5 Å². The van der Waals surface area contributed by atoms with Crippen LogP contribution in [0.15, 0.2) is 18.2 Å². The van der Waals surface area contributed by atoms with E-state index >= 15 is 0 Å². The first-order valence-electron chi connectivity index (χ1n) is 7.74. The lowest BCUT2D eigenvalue weighted by Crippen LogP contribution is -2.45. The summed E-state index contributed by atoms with van der Waals surface area (Å²) in [6.45, 7) is 7.18. The average molecular weight is 289 g/mol. The molecular formula is C16H23N3O2. The lowest BCUT2D eigenvalue weighted by Gasteiger charge is -2.23. The van der Waals surface area contributed by atoms with Gasteiger partial charge in [0.05, 0.1) is 6.61 Å². The SMILES string of the molecule is CCCN1Cc2cccc(NC(=O)[C@H]3CNCCO3)c2C1. The Morgan fingerprint density at radius 1 is 1.48 bits per heavy atom. The number of carbonyl (C=O) groups is 1. The molecular weight excluding hydrogens is 266 g/mol. The minimum atomic E-state index is -0.386. The fraction of sp³-hybridized carbons (Fsp3) is 0.562. The van der Waals surface area contributed by atoms with E-state index in [0.717, 1.165) is 38.3 Å². The second kappa shape index (κ2) is 6.56. The molecule has 1 fully saturated rings. The molecule has 0 radical (unpaired) electrons. The number of rotatable bonds is 4. The van der Waals surface area contributed by atoms with Crippen molar-refractivity contribution in [1.29, 1.82) is 0 Å². The molecule has 0 aromatic heterocycles. The Kier molecular flexibility index (Phi) is 4.53. The third-order valence-corrected chi connectivity index (χ3v) is 4.07. The Balaban J connectivity index is 1.69. The lowest BCUT2D eigenvalue weighted by molar-refractivity contribution is -0.128. The molecule has 0 saturated carbocycles. The zero-order valence-electron chi connectivity index (χ0n) is 12.5. The molecule has 114 valence electrons. The van der Waals surface area contributed by atoms with Gasteiger partial charge in [0.1, 0.15) is 6.10 Å². The predicted octanol–water partition coefficient (Wildman–Crippen LogP) is 1.34. The summed E-state index contributed by atoms with van der Waals surface area (Å²) in [6, 6.07) is 6.16. The van der Waals surface area contributed by atoms with Crippen LogP contribution in [0.1, 0.15) is 24.5 Å². The van der Waals surface area contributed by atoms with E-state index in [1.807, 2.05) is 12.1 Å². The Hall–Kier alpha value is -1.43. The van der Waals surface area contributed by atoms with Crippen molar-refractivity contribution in [3.05, 3.63) is 29.3 Å². The summed E-state index contributed by atoms with van der Waals surface area (Å²) in [6.07, 6.45) is 0.764. The summed E-state index contributed by atoms with van der Waals surface area (Å²) in [4.78, 5) is 14.7. The first-order chi connectivity index (χ1) is 10.3. The molecule has 1 amide bonds. The molecule has 1 saturated heterocycles. The predicted molar refractivity (Wildman–Crippen MR) is 82.1 cm³/mol. The van der Waals surface area contributed by atoms with Crippen LogP contribution in [-0.4, -0.2) is 43.2 Å². The number of morpholine rings is 1. The summed E-state index contributed by atoms with van der Waals surface area (Å²) in [5.74, 6) is -0.0514. The van der Waals surface area contributed by atoms with Crippen LogP contribution in [-0.2, 0) is 22.6 Å². The second-order valence-corrected chi connectivity index (χ2v) is 5.71. The molecule has 1 atom stereocenters. The van der Waals surface area contributed by atoms with Crippen LogP contribution in [0, 0.1) is 0 Å². The maximum atomic E-state index is 12.3. The topological polar surface area (TPSA) is 53.6 Å². The Labute approximate surface area is 125 Å². The number of anilines is 1. The fourth-order valence-corrected chi connectivity index (χ4v) is 3.03. The van der Waals surface area contributed by atoms with E-state index in [1.165, 1.54) is 11.1 Å². The van der Waals surface area contributed by atoms with Crippen LogP contribution in [0.5, 0.6) is 0 Å². The van der Waals surface area contributed by atoms with Crippen molar-refractivity contribution in [2.75, 3.05) is 31.6 Å². The van der Waals surface area contributed by atoms with Gasteiger partial charge in [-0.05, 0) is 30.2 Å². The molecule has 3 rings (SSSR count). The first kappa shape index (κ1) is 14.5. The molecule has 0 aliphatic carbocycles. The fourth-order valence-electron chi connectivity index (χ4n) is 3.03. The van der Waals surface area contributed by atoms with E-state index in [9.17, 15) is 4.79 Å². The minimum absolute atomic E-state index is 0.0514. The van der Waals surface area contributed by atoms with Gasteiger partial charge < -0.3 is 15.4 Å². The molecule has 2 aliphatic heterocycles. The minimum Gasteiger partial charge on any atom is -0.366 e. The molecule has 2 aliphatic rings. The number of nitrogens with zero attached hydrogens (tertiary/aromatic N) is 1. The van der Waals surface area contributed by atoms with Crippen molar-refractivity contribution in [2.24, 2.45) is 0 Å². The third-order valence-electron chi connectivity index (χ3n) is 4.07. The van der Waals surface area contributed by atoms with Crippen LogP contribution in [0.3, 0.4) is 0 Å². The van der Waals surface area contributed by atoms with Gasteiger partial charge in [-0.25, -0.2) is 0 Å². The van der Waals surface area contributed by atoms with Gasteiger partial charge in [-0.2, -0.15) is 0 Å². The number of amides is 1. The highest BCUT2D eigenvalue weighted by molar-refractivity contribution is 5.95. The molecule has 2 heterocycles. The van der Waals surface area contributed by atoms with Gasteiger partial charge in [-0.15, -0.1) is 0 Å². The lowest BCUT2D eigenvalue weighted by atomic mass is 10.1. The molecule has 1 aromatic rings. The molecule has 0 spiro atoms. The maximum absolute atomic E-state index is 12.3. The van der Waals surface area contributed by atoms with Crippen LogP contribution in [0.25, 0.3) is 0 Å². The van der Waals surface area contributed by atoms with E-state index in [4.69, 9.17) is 4.74 Å². The highest BCUT2D eigenvalue weighted by Crippen LogP contribution is 2.29. The molecule has 0 bridgehead atoms. The largest absolute Gasteiger partial charge is 0.366 e. The van der Waals surface area contributed by atoms with E-state index in [1.54, 1.807) is 0 Å². The van der Waals surface area contributed by atoms with Crippen molar-refractivity contribution in [3.63, 3.8) is 0 Å². The highest BCUT2D eigenvalue weighted by atomic mass is 16.5. The smallest absolute Gasteiger partial charge is 0.254 e. The van der Waals surface area contributed by atoms with E-state index in [-0.39, 0.29) is 12.0 Å². The van der Waals surface area contributed by atoms with Crippen molar-refractivity contribution in [3.8, 4) is 0 Å². The first-order valence-corrected chi connectivity index (χ1v) is 7.74. The Morgan fingerprint density at radius 3 is 3.14 bits per heavy atom.